The van der Waals surface area contributed by atoms with Gasteiger partial charge in [0.25, 0.3) is 0 Å². The number of nitrogens with one attached hydrogen (secondary N) is 1. The summed E-state index contributed by atoms with van der Waals surface area (Å²) in [6.45, 7) is 9.86. The van der Waals surface area contributed by atoms with Gasteiger partial charge in [0.2, 0.25) is 0 Å². The van der Waals surface area contributed by atoms with Crippen molar-refractivity contribution in [3.05, 3.63) is 5.82 Å². The van der Waals surface area contributed by atoms with Crippen LogP contribution in [-0.2, 0) is 17.8 Å². The van der Waals surface area contributed by atoms with E-state index in [0.717, 1.165) is 18.9 Å². The Balaban J connectivity index is 2.44. The normalized spacial score (nSPS) is 12.0. The predicted molar refractivity (Wildman–Crippen MR) is 79.3 cm³/mol. The van der Waals surface area contributed by atoms with E-state index in [0.29, 0.717) is 13.2 Å². The van der Waals surface area contributed by atoms with Crippen molar-refractivity contribution in [2.45, 2.75) is 59.5 Å². The lowest BCUT2D eigenvalue weighted by Gasteiger charge is -2.24. The molecule has 0 radical (unpaired) electrons. The average molecular weight is 283 g/mol. The van der Waals surface area contributed by atoms with Crippen LogP contribution in [0.2, 0.25) is 0 Å². The second-order valence-corrected chi connectivity index (χ2v) is 6.04. The lowest BCUT2D eigenvalue weighted by molar-refractivity contribution is 0.198. The highest BCUT2D eigenvalue weighted by atomic mass is 16.5. The quantitative estimate of drug-likeness (QED) is 0.629. The minimum Gasteiger partial charge on any atom is -0.383 e. The third-order valence-corrected chi connectivity index (χ3v) is 3.41. The zero-order valence-corrected chi connectivity index (χ0v) is 13.4. The van der Waals surface area contributed by atoms with Gasteiger partial charge in [-0.3, -0.25) is 0 Å². The molecule has 116 valence electrons. The zero-order valence-electron chi connectivity index (χ0n) is 13.4. The van der Waals surface area contributed by atoms with Gasteiger partial charge in [-0.25, -0.2) is 4.68 Å². The Morgan fingerprint density at radius 1 is 1.30 bits per heavy atom. The highest BCUT2D eigenvalue weighted by Crippen LogP contribution is 2.25. The molecule has 1 N–H and O–H groups in total. The van der Waals surface area contributed by atoms with E-state index >= 15 is 0 Å². The molecule has 0 aromatic carbocycles. The van der Waals surface area contributed by atoms with Gasteiger partial charge < -0.3 is 10.1 Å². The Kier molecular flexibility index (Phi) is 7.69. The van der Waals surface area contributed by atoms with Gasteiger partial charge in [-0.15, -0.1) is 5.10 Å². The van der Waals surface area contributed by atoms with Crippen molar-refractivity contribution in [1.82, 2.24) is 25.5 Å². The molecule has 0 amide bonds. The molecule has 0 atom stereocenters. The first kappa shape index (κ1) is 17.0. The molecule has 0 aliphatic heterocycles. The number of nitrogens with zero attached hydrogens (tertiary/aromatic N) is 4. The maximum Gasteiger partial charge on any atom is 0.165 e. The van der Waals surface area contributed by atoms with Crippen LogP contribution in [0.1, 0.15) is 52.3 Å². The SMILES string of the molecule is CCCCCC(C)(C)Cn1nnnc1CNCCOC. The molecule has 0 aliphatic carbocycles. The molecular weight excluding hydrogens is 254 g/mol. The molecule has 0 aliphatic rings. The van der Waals surface area contributed by atoms with Crippen molar-refractivity contribution < 1.29 is 4.74 Å². The van der Waals surface area contributed by atoms with Crippen LogP contribution >= 0.6 is 0 Å². The van der Waals surface area contributed by atoms with Crippen molar-refractivity contribution in [3.63, 3.8) is 0 Å². The van der Waals surface area contributed by atoms with Crippen molar-refractivity contribution in [3.8, 4) is 0 Å². The molecule has 1 aromatic heterocycles. The van der Waals surface area contributed by atoms with Crippen LogP contribution in [0.4, 0.5) is 0 Å². The Hall–Kier alpha value is -1.01. The number of methoxy groups -OCH3 is 1. The lowest BCUT2D eigenvalue weighted by Crippen LogP contribution is -2.25. The zero-order chi connectivity index (χ0) is 14.8. The first-order valence-corrected chi connectivity index (χ1v) is 7.54. The predicted octanol–water partition coefficient (Wildman–Crippen LogP) is 2.02. The molecule has 1 heterocycles. The molecule has 1 rings (SSSR count). The summed E-state index contributed by atoms with van der Waals surface area (Å²) in [5.41, 5.74) is 0.228. The van der Waals surface area contributed by atoms with Crippen molar-refractivity contribution in [2.24, 2.45) is 5.41 Å². The van der Waals surface area contributed by atoms with Crippen LogP contribution in [-0.4, -0.2) is 40.5 Å². The van der Waals surface area contributed by atoms with Gasteiger partial charge in [0.05, 0.1) is 13.2 Å². The lowest BCUT2D eigenvalue weighted by atomic mass is 9.87. The van der Waals surface area contributed by atoms with Crippen LogP contribution < -0.4 is 5.32 Å². The van der Waals surface area contributed by atoms with Gasteiger partial charge in [-0.1, -0.05) is 40.0 Å². The first-order valence-electron chi connectivity index (χ1n) is 7.54. The maximum absolute atomic E-state index is 5.01. The summed E-state index contributed by atoms with van der Waals surface area (Å²) < 4.78 is 6.93. The van der Waals surface area contributed by atoms with E-state index in [2.05, 4.69) is 41.6 Å². The van der Waals surface area contributed by atoms with Crippen molar-refractivity contribution >= 4 is 0 Å². The van der Waals surface area contributed by atoms with Gasteiger partial charge in [0.1, 0.15) is 0 Å². The summed E-state index contributed by atoms with van der Waals surface area (Å²) in [6.07, 6.45) is 5.03. The number of unbranched alkanes of at least 4 members (excludes halogenated alkanes) is 2. The average Bonchev–Trinajstić information content (AvgIpc) is 2.81. The van der Waals surface area contributed by atoms with Crippen LogP contribution in [0.25, 0.3) is 0 Å². The fourth-order valence-corrected chi connectivity index (χ4v) is 2.19. The molecule has 20 heavy (non-hydrogen) atoms. The fourth-order valence-electron chi connectivity index (χ4n) is 2.19. The third kappa shape index (κ3) is 6.43. The van der Waals surface area contributed by atoms with Gasteiger partial charge in [0.15, 0.2) is 5.82 Å². The van der Waals surface area contributed by atoms with E-state index in [1.807, 2.05) is 4.68 Å². The van der Waals surface area contributed by atoms with Gasteiger partial charge >= 0.3 is 0 Å². The second-order valence-electron chi connectivity index (χ2n) is 6.04. The summed E-state index contributed by atoms with van der Waals surface area (Å²) in [5.74, 6) is 0.893. The topological polar surface area (TPSA) is 64.9 Å². The molecule has 0 saturated carbocycles. The summed E-state index contributed by atoms with van der Waals surface area (Å²) in [4.78, 5) is 0. The smallest absolute Gasteiger partial charge is 0.165 e. The highest BCUT2D eigenvalue weighted by Gasteiger charge is 2.20. The van der Waals surface area contributed by atoms with E-state index in [1.165, 1.54) is 25.7 Å². The number of rotatable bonds is 11. The minimum absolute atomic E-state index is 0.228. The van der Waals surface area contributed by atoms with Crippen molar-refractivity contribution in [2.75, 3.05) is 20.3 Å². The van der Waals surface area contributed by atoms with E-state index in [9.17, 15) is 0 Å². The first-order chi connectivity index (χ1) is 9.59. The van der Waals surface area contributed by atoms with E-state index < -0.39 is 0 Å². The Bertz CT molecular complexity index is 364. The van der Waals surface area contributed by atoms with Crippen LogP contribution in [0.3, 0.4) is 0 Å². The fraction of sp³-hybridized carbons (Fsp3) is 0.929. The summed E-state index contributed by atoms with van der Waals surface area (Å²) in [6, 6.07) is 0. The Morgan fingerprint density at radius 3 is 2.80 bits per heavy atom. The maximum atomic E-state index is 5.01. The largest absolute Gasteiger partial charge is 0.383 e. The second kappa shape index (κ2) is 9.02. The molecular formula is C14H29N5O. The van der Waals surface area contributed by atoms with Gasteiger partial charge in [-0.2, -0.15) is 0 Å². The summed E-state index contributed by atoms with van der Waals surface area (Å²) in [7, 11) is 1.70. The molecule has 0 bridgehead atoms. The van der Waals surface area contributed by atoms with E-state index in [1.54, 1.807) is 7.11 Å². The minimum atomic E-state index is 0.228. The molecule has 1 aromatic rings. The molecule has 0 unspecified atom stereocenters. The Morgan fingerprint density at radius 2 is 2.10 bits per heavy atom. The Labute approximate surface area is 122 Å². The van der Waals surface area contributed by atoms with Crippen molar-refractivity contribution in [1.29, 1.82) is 0 Å². The molecule has 6 nitrogen and oxygen atoms in total. The molecule has 0 spiro atoms. The molecule has 0 saturated heterocycles. The third-order valence-electron chi connectivity index (χ3n) is 3.41. The number of aromatic nitrogens is 4. The number of hydrogen-bond acceptors (Lipinski definition) is 5. The monoisotopic (exact) mass is 283 g/mol. The molecule has 6 heteroatoms. The summed E-state index contributed by atoms with van der Waals surface area (Å²) in [5, 5.41) is 15.3. The van der Waals surface area contributed by atoms with Crippen LogP contribution in [0.15, 0.2) is 0 Å². The highest BCUT2D eigenvalue weighted by molar-refractivity contribution is 4.82. The van der Waals surface area contributed by atoms with Gasteiger partial charge in [-0.05, 0) is 22.3 Å². The van der Waals surface area contributed by atoms with E-state index in [-0.39, 0.29) is 5.41 Å². The van der Waals surface area contributed by atoms with Gasteiger partial charge in [0, 0.05) is 20.2 Å². The van der Waals surface area contributed by atoms with E-state index in [4.69, 9.17) is 4.74 Å². The summed E-state index contributed by atoms with van der Waals surface area (Å²) >= 11 is 0. The number of tetrazole rings is 1. The molecule has 0 fully saturated rings. The standard InChI is InChI=1S/C14H29N5O/c1-5-6-7-8-14(2,3)12-19-13(16-17-18-19)11-15-9-10-20-4/h15H,5-12H2,1-4H3. The van der Waals surface area contributed by atoms with Crippen LogP contribution in [0.5, 0.6) is 0 Å². The van der Waals surface area contributed by atoms with Crippen LogP contribution in [0, 0.1) is 5.41 Å². The number of hydrogen-bond donors (Lipinski definition) is 1. The number of ether oxygens (including phenoxy) is 1.